The van der Waals surface area contributed by atoms with Crippen molar-refractivity contribution in [3.63, 3.8) is 0 Å². The van der Waals surface area contributed by atoms with E-state index in [1.165, 1.54) is 6.07 Å². The Morgan fingerprint density at radius 3 is 1.86 bits per heavy atom. The molecule has 0 N–H and O–H groups in total. The Morgan fingerprint density at radius 1 is 1.43 bits per heavy atom. The van der Waals surface area contributed by atoms with Crippen LogP contribution in [0, 0.1) is 0 Å². The molecular formula is C3H2Br2I2. The molecule has 0 aliphatic carbocycles. The Balaban J connectivity index is 3.72. The Bertz CT molecular complexity index is 84.9. The summed E-state index contributed by atoms with van der Waals surface area (Å²) < 4.78 is 2.49. The van der Waals surface area contributed by atoms with Gasteiger partial charge in [0.2, 0.25) is 0 Å². The van der Waals surface area contributed by atoms with E-state index in [1.54, 1.807) is 0 Å². The zero-order chi connectivity index (χ0) is 5.86. The third-order valence-electron chi connectivity index (χ3n) is 0.322. The summed E-state index contributed by atoms with van der Waals surface area (Å²) in [6.07, 6.45) is 0. The highest BCUT2D eigenvalue weighted by Crippen LogP contribution is 2.25. The van der Waals surface area contributed by atoms with Gasteiger partial charge in [-0.25, -0.2) is 0 Å². The molecule has 0 aliphatic rings. The van der Waals surface area contributed by atoms with E-state index in [2.05, 4.69) is 77.0 Å². The van der Waals surface area contributed by atoms with Crippen LogP contribution < -0.4 is 0 Å². The fraction of sp³-hybridized carbons (Fsp3) is 0.333. The van der Waals surface area contributed by atoms with Crippen molar-refractivity contribution in [3.8, 4) is 0 Å². The lowest BCUT2D eigenvalue weighted by Crippen LogP contribution is -1.66. The first kappa shape index (κ1) is 9.16. The molecule has 0 amide bonds. The second-order valence-electron chi connectivity index (χ2n) is 0.799. The second kappa shape index (κ2) is 4.99. The predicted molar refractivity (Wildman–Crippen MR) is 57.8 cm³/mol. The molecule has 0 rings (SSSR count). The first-order valence-corrected chi connectivity index (χ1v) is 5.51. The van der Waals surface area contributed by atoms with Gasteiger partial charge < -0.3 is 0 Å². The summed E-state index contributed by atoms with van der Waals surface area (Å²) in [6.45, 7) is 0. The van der Waals surface area contributed by atoms with Crippen LogP contribution in [0.25, 0.3) is 0 Å². The van der Waals surface area contributed by atoms with E-state index in [9.17, 15) is 0 Å². The van der Waals surface area contributed by atoms with E-state index in [-0.39, 0.29) is 0 Å². The largest absolute Gasteiger partial charge is 0.0871 e. The number of hydrogen-bond donors (Lipinski definition) is 0. The maximum atomic E-state index is 3.33. The van der Waals surface area contributed by atoms with Crippen molar-refractivity contribution in [2.75, 3.05) is 5.33 Å². The Kier molecular flexibility index (Phi) is 6.52. The average molecular weight is 452 g/mol. The van der Waals surface area contributed by atoms with Crippen molar-refractivity contribution in [2.45, 2.75) is 0 Å². The van der Waals surface area contributed by atoms with Gasteiger partial charge in [0.15, 0.2) is 0 Å². The van der Waals surface area contributed by atoms with E-state index in [1.807, 2.05) is 0 Å². The van der Waals surface area contributed by atoms with Gasteiger partial charge in [0.25, 0.3) is 0 Å². The molecule has 7 heavy (non-hydrogen) atoms. The van der Waals surface area contributed by atoms with E-state index in [0.717, 1.165) is 5.33 Å². The first-order chi connectivity index (χ1) is 3.18. The minimum Gasteiger partial charge on any atom is -0.0871 e. The van der Waals surface area contributed by atoms with Crippen molar-refractivity contribution in [1.29, 1.82) is 0 Å². The van der Waals surface area contributed by atoms with Gasteiger partial charge in [-0.3, -0.25) is 0 Å². The highest BCUT2D eigenvalue weighted by molar-refractivity contribution is 14.1. The molecule has 0 aromatic heterocycles. The van der Waals surface area contributed by atoms with Gasteiger partial charge >= 0.3 is 0 Å². The van der Waals surface area contributed by atoms with Crippen LogP contribution in [-0.4, -0.2) is 5.33 Å². The van der Waals surface area contributed by atoms with Gasteiger partial charge in [-0.1, -0.05) is 15.9 Å². The van der Waals surface area contributed by atoms with Gasteiger partial charge in [-0.05, 0) is 61.1 Å². The third kappa shape index (κ3) is 4.65. The minimum absolute atomic E-state index is 0.942. The molecule has 0 aliphatic heterocycles. The first-order valence-electron chi connectivity index (χ1n) is 1.44. The Morgan fingerprint density at radius 2 is 1.86 bits per heavy atom. The smallest absolute Gasteiger partial charge is 0.0660 e. The van der Waals surface area contributed by atoms with E-state index in [4.69, 9.17) is 0 Å². The predicted octanol–water partition coefficient (Wildman–Crippen LogP) is 3.82. The van der Waals surface area contributed by atoms with Gasteiger partial charge in [0, 0.05) is 8.91 Å². The van der Waals surface area contributed by atoms with Crippen LogP contribution in [0.5, 0.6) is 0 Å². The van der Waals surface area contributed by atoms with Crippen molar-refractivity contribution >= 4 is 77.0 Å². The Labute approximate surface area is 87.0 Å². The Hall–Kier alpha value is 2.16. The minimum atomic E-state index is 0.942. The molecule has 4 heteroatoms. The quantitative estimate of drug-likeness (QED) is 0.420. The SMILES string of the molecule is BrC/C(I)=C(/Br)I. The molecule has 0 unspecified atom stereocenters. The molecule has 42 valence electrons. The van der Waals surface area contributed by atoms with E-state index in [0.29, 0.717) is 0 Å². The summed E-state index contributed by atoms with van der Waals surface area (Å²) >= 11 is 11.1. The number of hydrogen-bond acceptors (Lipinski definition) is 0. The highest BCUT2D eigenvalue weighted by Gasteiger charge is 1.90. The second-order valence-corrected chi connectivity index (χ2v) is 6.02. The lowest BCUT2D eigenvalue weighted by Gasteiger charge is -1.87. The number of alkyl halides is 1. The van der Waals surface area contributed by atoms with Gasteiger partial charge in [0.05, 0.1) is 2.49 Å². The molecule has 0 saturated carbocycles. The average Bonchev–Trinajstić information content (AvgIpc) is 1.65. The van der Waals surface area contributed by atoms with Crippen LogP contribution in [0.4, 0.5) is 0 Å². The third-order valence-corrected chi connectivity index (χ3v) is 5.76. The molecule has 0 nitrogen and oxygen atoms in total. The van der Waals surface area contributed by atoms with Crippen molar-refractivity contribution < 1.29 is 0 Å². The van der Waals surface area contributed by atoms with Gasteiger partial charge in [0.1, 0.15) is 0 Å². The summed E-state index contributed by atoms with van der Waals surface area (Å²) in [5.41, 5.74) is 0. The van der Waals surface area contributed by atoms with E-state index >= 15 is 0 Å². The maximum Gasteiger partial charge on any atom is 0.0660 e. The van der Waals surface area contributed by atoms with Crippen LogP contribution in [0.15, 0.2) is 6.07 Å². The monoisotopic (exact) mass is 450 g/mol. The molecule has 0 bridgehead atoms. The summed E-state index contributed by atoms with van der Waals surface area (Å²) in [5.74, 6) is 0. The lowest BCUT2D eigenvalue weighted by atomic mass is 10.8. The molecule has 0 aromatic rings. The van der Waals surface area contributed by atoms with Crippen LogP contribution in [0.2, 0.25) is 0 Å². The summed E-state index contributed by atoms with van der Waals surface area (Å²) in [4.78, 5) is 0. The molecular weight excluding hydrogens is 450 g/mol. The molecule has 0 heterocycles. The van der Waals surface area contributed by atoms with Gasteiger partial charge in [-0.2, -0.15) is 0 Å². The summed E-state index contributed by atoms with van der Waals surface area (Å²) in [6, 6.07) is 0. The van der Waals surface area contributed by atoms with Crippen molar-refractivity contribution in [1.82, 2.24) is 0 Å². The lowest BCUT2D eigenvalue weighted by molar-refractivity contribution is 1.82. The normalized spacial score (nSPS) is 13.7. The molecule has 0 fully saturated rings. The fourth-order valence-corrected chi connectivity index (χ4v) is 1.56. The number of allylic oxidation sites excluding steroid dienone is 1. The number of rotatable bonds is 1. The van der Waals surface area contributed by atoms with Crippen LogP contribution in [0.3, 0.4) is 0 Å². The zero-order valence-electron chi connectivity index (χ0n) is 3.22. The van der Waals surface area contributed by atoms with Crippen LogP contribution >= 0.6 is 77.0 Å². The topological polar surface area (TPSA) is 0 Å². The fourth-order valence-electron chi connectivity index (χ4n) is 0.0505. The maximum absolute atomic E-state index is 3.33. The molecule has 0 saturated heterocycles. The standard InChI is InChI=1S/C3H2Br2I2/c4-1-2(6)3(5)7/h1H2/b3-2+. The summed E-state index contributed by atoms with van der Waals surface area (Å²) in [5, 5.41) is 0.942. The number of halogens is 4. The molecule has 0 aromatic carbocycles. The molecule has 0 atom stereocenters. The van der Waals surface area contributed by atoms with Crippen molar-refractivity contribution in [2.24, 2.45) is 0 Å². The zero-order valence-corrected chi connectivity index (χ0v) is 10.7. The van der Waals surface area contributed by atoms with E-state index < -0.39 is 0 Å². The van der Waals surface area contributed by atoms with Crippen LogP contribution in [0.1, 0.15) is 0 Å². The molecule has 0 radical (unpaired) electrons. The summed E-state index contributed by atoms with van der Waals surface area (Å²) in [7, 11) is 0. The molecule has 0 spiro atoms. The van der Waals surface area contributed by atoms with Crippen LogP contribution in [-0.2, 0) is 0 Å². The highest BCUT2D eigenvalue weighted by atomic mass is 127. The van der Waals surface area contributed by atoms with Gasteiger partial charge in [-0.15, -0.1) is 0 Å². The van der Waals surface area contributed by atoms with Crippen molar-refractivity contribution in [3.05, 3.63) is 6.07 Å².